The average Bonchev–Trinajstić information content (AvgIpc) is 2.61. The van der Waals surface area contributed by atoms with E-state index in [4.69, 9.17) is 4.74 Å². The maximum absolute atomic E-state index is 13.0. The summed E-state index contributed by atoms with van der Waals surface area (Å²) in [7, 11) is 0. The number of ether oxygens (including phenoxy) is 1. The number of benzene rings is 1. The van der Waals surface area contributed by atoms with E-state index in [1.54, 1.807) is 6.20 Å². The van der Waals surface area contributed by atoms with Gasteiger partial charge in [0.1, 0.15) is 6.10 Å². The fourth-order valence-corrected chi connectivity index (χ4v) is 4.68. The van der Waals surface area contributed by atoms with Gasteiger partial charge in [0.25, 0.3) is 0 Å². The van der Waals surface area contributed by atoms with E-state index in [2.05, 4.69) is 42.8 Å². The Morgan fingerprint density at radius 1 is 1.35 bits per heavy atom. The number of carbonyl (C=O) groups is 1. The van der Waals surface area contributed by atoms with E-state index < -0.39 is 12.1 Å². The molecule has 0 bridgehead atoms. The molecular weight excluding hydrogens is 392 g/mol. The molecule has 0 N–H and O–H groups in total. The number of hydrogen-bond donors (Lipinski definition) is 0. The Labute approximate surface area is 163 Å². The molecule has 1 heterocycles. The zero-order chi connectivity index (χ0) is 18.8. The summed E-state index contributed by atoms with van der Waals surface area (Å²) in [5.41, 5.74) is 1.76. The molecule has 1 aromatic rings. The maximum Gasteiger partial charge on any atom is 0.415 e. The highest BCUT2D eigenvalue weighted by molar-refractivity contribution is 9.15. The van der Waals surface area contributed by atoms with Gasteiger partial charge in [-0.2, -0.15) is 5.26 Å². The van der Waals surface area contributed by atoms with Crippen LogP contribution in [-0.4, -0.2) is 17.1 Å². The number of halogens is 1. The van der Waals surface area contributed by atoms with Crippen LogP contribution in [-0.2, 0) is 4.74 Å². The van der Waals surface area contributed by atoms with Gasteiger partial charge in [0.2, 0.25) is 0 Å². The zero-order valence-corrected chi connectivity index (χ0v) is 17.1. The second-order valence-corrected chi connectivity index (χ2v) is 8.61. The van der Waals surface area contributed by atoms with Gasteiger partial charge < -0.3 is 4.74 Å². The van der Waals surface area contributed by atoms with Crippen LogP contribution in [0.5, 0.6) is 0 Å². The van der Waals surface area contributed by atoms with E-state index in [9.17, 15) is 10.1 Å². The molecule has 4 atom stereocenters. The minimum atomic E-state index is -0.668. The van der Waals surface area contributed by atoms with Crippen molar-refractivity contribution in [3.8, 4) is 6.07 Å². The summed E-state index contributed by atoms with van der Waals surface area (Å²) in [4.78, 5) is 14.4. The van der Waals surface area contributed by atoms with Crippen molar-refractivity contribution in [2.45, 2.75) is 52.2 Å². The Morgan fingerprint density at radius 3 is 2.77 bits per heavy atom. The molecule has 1 fully saturated rings. The van der Waals surface area contributed by atoms with E-state index in [1.807, 2.05) is 24.3 Å². The van der Waals surface area contributed by atoms with Crippen LogP contribution in [0, 0.1) is 29.1 Å². The summed E-state index contributed by atoms with van der Waals surface area (Å²) in [6, 6.07) is 9.22. The van der Waals surface area contributed by atoms with Gasteiger partial charge in [-0.25, -0.2) is 4.79 Å². The van der Waals surface area contributed by atoms with Crippen LogP contribution < -0.4 is 0 Å². The number of nitrogens with zero attached hydrogens (tertiary/aromatic N) is 2. The third kappa shape index (κ3) is 3.66. The lowest BCUT2D eigenvalue weighted by molar-refractivity contribution is -0.00737. The van der Waals surface area contributed by atoms with Gasteiger partial charge in [-0.15, -0.1) is 0 Å². The van der Waals surface area contributed by atoms with Crippen molar-refractivity contribution in [2.24, 2.45) is 17.8 Å². The first kappa shape index (κ1) is 19.0. The molecule has 26 heavy (non-hydrogen) atoms. The lowest BCUT2D eigenvalue weighted by Crippen LogP contribution is -2.40. The molecule has 0 saturated heterocycles. The Morgan fingerprint density at radius 2 is 2.08 bits per heavy atom. The Bertz CT molecular complexity index is 753. The van der Waals surface area contributed by atoms with Gasteiger partial charge in [0.15, 0.2) is 6.04 Å². The van der Waals surface area contributed by atoms with E-state index >= 15 is 0 Å². The smallest absolute Gasteiger partial charge is 0.415 e. The molecule has 1 saturated carbocycles. The first-order chi connectivity index (χ1) is 12.4. The van der Waals surface area contributed by atoms with E-state index in [0.29, 0.717) is 17.8 Å². The molecule has 0 aromatic heterocycles. The molecule has 1 aromatic carbocycles. The Balaban J connectivity index is 1.83. The number of carbonyl (C=O) groups excluding carboxylic acids is 1. The van der Waals surface area contributed by atoms with Crippen LogP contribution in [0.4, 0.5) is 4.79 Å². The summed E-state index contributed by atoms with van der Waals surface area (Å²) in [6.45, 7) is 6.59. The van der Waals surface area contributed by atoms with Crippen molar-refractivity contribution >= 4 is 26.5 Å². The number of rotatable bonds is 2. The highest BCUT2D eigenvalue weighted by Gasteiger charge is 2.37. The van der Waals surface area contributed by atoms with Crippen LogP contribution in [0.25, 0.3) is 4.48 Å². The third-order valence-corrected chi connectivity index (χ3v) is 6.22. The van der Waals surface area contributed by atoms with Gasteiger partial charge >= 0.3 is 6.09 Å². The van der Waals surface area contributed by atoms with Crippen molar-refractivity contribution in [3.05, 3.63) is 41.6 Å². The van der Waals surface area contributed by atoms with Crippen molar-refractivity contribution in [1.82, 2.24) is 4.90 Å². The number of amides is 1. The number of fused-ring (bicyclic) bond motifs is 1. The van der Waals surface area contributed by atoms with Crippen LogP contribution >= 0.6 is 15.9 Å². The predicted molar refractivity (Wildman–Crippen MR) is 105 cm³/mol. The first-order valence-electron chi connectivity index (χ1n) is 9.27. The number of hydrogen-bond acceptors (Lipinski definition) is 3. The highest BCUT2D eigenvalue weighted by atomic mass is 79.9. The maximum atomic E-state index is 13.0. The first-order valence-corrected chi connectivity index (χ1v) is 10.1. The van der Waals surface area contributed by atoms with Gasteiger partial charge in [-0.1, -0.05) is 51.5 Å². The summed E-state index contributed by atoms with van der Waals surface area (Å²) < 4.78 is 6.73. The zero-order valence-electron chi connectivity index (χ0n) is 15.5. The lowest BCUT2D eigenvalue weighted by Gasteiger charge is -2.38. The van der Waals surface area contributed by atoms with E-state index in [-0.39, 0.29) is 6.10 Å². The Kier molecular flexibility index (Phi) is 5.72. The fraction of sp³-hybridized carbons (Fsp3) is 0.524. The van der Waals surface area contributed by atoms with Gasteiger partial charge in [0.05, 0.1) is 6.07 Å². The Hall–Kier alpha value is -1.80. The minimum absolute atomic E-state index is 0.0880. The molecule has 138 valence electrons. The van der Waals surface area contributed by atoms with Gasteiger partial charge in [-0.05, 0) is 57.7 Å². The molecule has 1 aliphatic carbocycles. The van der Waals surface area contributed by atoms with Crippen molar-refractivity contribution in [2.75, 3.05) is 0 Å². The van der Waals surface area contributed by atoms with Crippen molar-refractivity contribution in [3.63, 3.8) is 0 Å². The molecule has 5 heteroatoms. The highest BCUT2D eigenvalue weighted by Crippen LogP contribution is 2.39. The lowest BCUT2D eigenvalue weighted by atomic mass is 9.75. The minimum Gasteiger partial charge on any atom is -0.446 e. The third-order valence-electron chi connectivity index (χ3n) is 5.59. The molecule has 3 rings (SSSR count). The number of nitriles is 1. The van der Waals surface area contributed by atoms with Crippen molar-refractivity contribution < 1.29 is 9.53 Å². The van der Waals surface area contributed by atoms with Gasteiger partial charge in [0, 0.05) is 10.7 Å². The van der Waals surface area contributed by atoms with E-state index in [1.165, 1.54) is 11.3 Å². The van der Waals surface area contributed by atoms with Crippen LogP contribution in [0.3, 0.4) is 0 Å². The quantitative estimate of drug-likeness (QED) is 0.606. The predicted octanol–water partition coefficient (Wildman–Crippen LogP) is 5.86. The summed E-state index contributed by atoms with van der Waals surface area (Å²) >= 11 is 3.52. The molecule has 1 amide bonds. The summed E-state index contributed by atoms with van der Waals surface area (Å²) in [6.07, 6.45) is 4.31. The van der Waals surface area contributed by atoms with Crippen LogP contribution in [0.1, 0.15) is 57.2 Å². The van der Waals surface area contributed by atoms with Gasteiger partial charge in [-0.3, -0.25) is 4.90 Å². The summed E-state index contributed by atoms with van der Waals surface area (Å²) in [5.74, 6) is 1.40. The largest absolute Gasteiger partial charge is 0.446 e. The molecular formula is C21H25BrN2O2. The van der Waals surface area contributed by atoms with Crippen molar-refractivity contribution in [1.29, 1.82) is 5.26 Å². The second kappa shape index (κ2) is 7.84. The average molecular weight is 417 g/mol. The topological polar surface area (TPSA) is 53.3 Å². The monoisotopic (exact) mass is 416 g/mol. The summed E-state index contributed by atoms with van der Waals surface area (Å²) in [5, 5.41) is 9.69. The van der Waals surface area contributed by atoms with Crippen LogP contribution in [0.2, 0.25) is 0 Å². The van der Waals surface area contributed by atoms with E-state index in [0.717, 1.165) is 28.5 Å². The SMILES string of the molecule is CC(C)[C@@H]1CC[C@@H](C)C[C@H]1OC(=O)N1C=C(Br)c2ccccc2C1C#N. The standard InChI is InChI=1S/C21H25BrN2O2/c1-13(2)15-9-8-14(3)10-20(15)26-21(25)24-12-18(22)16-6-4-5-7-17(16)19(24)11-23/h4-7,12-15,19-20H,8-10H2,1-3H3/t14-,15+,19?,20-/m1/s1. The molecule has 2 aliphatic rings. The molecule has 1 unspecified atom stereocenters. The second-order valence-electron chi connectivity index (χ2n) is 7.75. The molecule has 0 radical (unpaired) electrons. The molecule has 0 spiro atoms. The molecule has 4 nitrogen and oxygen atoms in total. The fourth-order valence-electron chi connectivity index (χ4n) is 4.10. The molecule has 1 aliphatic heterocycles. The van der Waals surface area contributed by atoms with Crippen LogP contribution in [0.15, 0.2) is 30.5 Å². The normalized spacial score (nSPS) is 28.2.